The van der Waals surface area contributed by atoms with Crippen molar-refractivity contribution in [2.24, 2.45) is 4.99 Å². The summed E-state index contributed by atoms with van der Waals surface area (Å²) in [5.41, 5.74) is 2.03. The number of ether oxygens (including phenoxy) is 1. The molecule has 1 aromatic carbocycles. The van der Waals surface area contributed by atoms with Gasteiger partial charge in [-0.25, -0.2) is 4.99 Å². The van der Waals surface area contributed by atoms with Crippen molar-refractivity contribution < 1.29 is 4.74 Å². The summed E-state index contributed by atoms with van der Waals surface area (Å²) in [6, 6.07) is 14.3. The molecule has 6 heteroatoms. The minimum absolute atomic E-state index is 0.376. The molecule has 0 saturated carbocycles. The van der Waals surface area contributed by atoms with Crippen LogP contribution in [0, 0.1) is 0 Å². The predicted molar refractivity (Wildman–Crippen MR) is 129 cm³/mol. The number of benzene rings is 1. The molecular weight excluding hydrogens is 386 g/mol. The van der Waals surface area contributed by atoms with Gasteiger partial charge in [-0.2, -0.15) is 0 Å². The molecule has 0 aliphatic heterocycles. The molecule has 1 aromatic heterocycles. The van der Waals surface area contributed by atoms with E-state index in [0.717, 1.165) is 55.6 Å². The average Bonchev–Trinajstić information content (AvgIpc) is 2.80. The maximum atomic E-state index is 5.89. The van der Waals surface area contributed by atoms with Crippen LogP contribution in [0.3, 0.4) is 0 Å². The van der Waals surface area contributed by atoms with E-state index >= 15 is 0 Å². The molecule has 0 saturated heterocycles. The van der Waals surface area contributed by atoms with Gasteiger partial charge in [0.25, 0.3) is 0 Å². The Balaban J connectivity index is 1.86. The van der Waals surface area contributed by atoms with Crippen LogP contribution in [0.1, 0.15) is 51.8 Å². The van der Waals surface area contributed by atoms with Crippen LogP contribution in [0.25, 0.3) is 0 Å². The highest BCUT2D eigenvalue weighted by atomic mass is 16.5. The minimum atomic E-state index is 0.376. The lowest BCUT2D eigenvalue weighted by molar-refractivity contribution is 0.292. The number of hydrogen-bond donors (Lipinski definition) is 2. The van der Waals surface area contributed by atoms with E-state index in [2.05, 4.69) is 54.3 Å². The predicted octanol–water partition coefficient (Wildman–Crippen LogP) is 4.23. The van der Waals surface area contributed by atoms with Crippen molar-refractivity contribution in [3.8, 4) is 5.75 Å². The molecule has 0 radical (unpaired) electrons. The first-order chi connectivity index (χ1) is 15.1. The van der Waals surface area contributed by atoms with Gasteiger partial charge in [0, 0.05) is 18.8 Å². The summed E-state index contributed by atoms with van der Waals surface area (Å²) in [6.45, 7) is 14.0. The number of aromatic nitrogens is 1. The number of rotatable bonds is 13. The van der Waals surface area contributed by atoms with E-state index in [1.807, 2.05) is 36.4 Å². The molecule has 170 valence electrons. The van der Waals surface area contributed by atoms with E-state index in [-0.39, 0.29) is 0 Å². The van der Waals surface area contributed by atoms with Gasteiger partial charge in [0.1, 0.15) is 12.4 Å². The first kappa shape index (κ1) is 24.7. The van der Waals surface area contributed by atoms with Gasteiger partial charge in [0.2, 0.25) is 0 Å². The molecule has 0 amide bonds. The van der Waals surface area contributed by atoms with Crippen molar-refractivity contribution in [2.75, 3.05) is 26.2 Å². The zero-order valence-electron chi connectivity index (χ0n) is 19.6. The van der Waals surface area contributed by atoms with E-state index in [1.54, 1.807) is 6.20 Å². The molecular formula is C25H39N5O. The van der Waals surface area contributed by atoms with Crippen LogP contribution in [0.2, 0.25) is 0 Å². The summed E-state index contributed by atoms with van der Waals surface area (Å²) in [7, 11) is 0. The van der Waals surface area contributed by atoms with Crippen LogP contribution in [-0.4, -0.2) is 48.1 Å². The van der Waals surface area contributed by atoms with Crippen molar-refractivity contribution in [3.63, 3.8) is 0 Å². The van der Waals surface area contributed by atoms with Crippen molar-refractivity contribution >= 4 is 5.96 Å². The quantitative estimate of drug-likeness (QED) is 0.372. The monoisotopic (exact) mass is 425 g/mol. The molecule has 1 heterocycles. The fourth-order valence-corrected chi connectivity index (χ4v) is 3.33. The molecule has 2 N–H and O–H groups in total. The normalized spacial score (nSPS) is 12.6. The lowest BCUT2D eigenvalue weighted by Gasteiger charge is -2.21. The Morgan fingerprint density at radius 1 is 1.13 bits per heavy atom. The largest absolute Gasteiger partial charge is 0.487 e. The Kier molecular flexibility index (Phi) is 11.5. The standard InChI is InChI=1S/C25H39N5O/c1-5-26-25(29-21(4)12-11-17-30(6-2)7-3)28-19-22-13-10-15-24(18-22)31-20-23-14-8-9-16-27-23/h8-10,13-16,18,21H,5-7,11-12,17,19-20H2,1-4H3,(H2,26,28,29). The van der Waals surface area contributed by atoms with Gasteiger partial charge in [-0.3, -0.25) is 4.98 Å². The molecule has 0 aliphatic carbocycles. The van der Waals surface area contributed by atoms with Crippen LogP contribution >= 0.6 is 0 Å². The van der Waals surface area contributed by atoms with Gasteiger partial charge in [0.05, 0.1) is 12.2 Å². The van der Waals surface area contributed by atoms with Gasteiger partial charge in [-0.1, -0.05) is 32.0 Å². The molecule has 0 spiro atoms. The summed E-state index contributed by atoms with van der Waals surface area (Å²) in [5, 5.41) is 6.90. The summed E-state index contributed by atoms with van der Waals surface area (Å²) in [4.78, 5) is 11.5. The fourth-order valence-electron chi connectivity index (χ4n) is 3.33. The second-order valence-corrected chi connectivity index (χ2v) is 7.67. The topological polar surface area (TPSA) is 61.8 Å². The van der Waals surface area contributed by atoms with Crippen LogP contribution in [0.15, 0.2) is 53.7 Å². The number of nitrogens with zero attached hydrogens (tertiary/aromatic N) is 3. The lowest BCUT2D eigenvalue weighted by Crippen LogP contribution is -2.42. The van der Waals surface area contributed by atoms with Gasteiger partial charge in [0.15, 0.2) is 5.96 Å². The first-order valence-electron chi connectivity index (χ1n) is 11.5. The molecule has 0 fully saturated rings. The third-order valence-corrected chi connectivity index (χ3v) is 5.16. The highest BCUT2D eigenvalue weighted by molar-refractivity contribution is 5.80. The Morgan fingerprint density at radius 3 is 2.68 bits per heavy atom. The smallest absolute Gasteiger partial charge is 0.191 e. The third-order valence-electron chi connectivity index (χ3n) is 5.16. The number of pyridine rings is 1. The van der Waals surface area contributed by atoms with E-state index in [4.69, 9.17) is 9.73 Å². The Labute approximate surface area is 188 Å². The van der Waals surface area contributed by atoms with Crippen molar-refractivity contribution in [1.29, 1.82) is 0 Å². The van der Waals surface area contributed by atoms with Crippen LogP contribution in [-0.2, 0) is 13.2 Å². The zero-order chi connectivity index (χ0) is 22.3. The number of nitrogens with one attached hydrogen (secondary N) is 2. The molecule has 6 nitrogen and oxygen atoms in total. The lowest BCUT2D eigenvalue weighted by atomic mass is 10.2. The van der Waals surface area contributed by atoms with E-state index < -0.39 is 0 Å². The molecule has 31 heavy (non-hydrogen) atoms. The van der Waals surface area contributed by atoms with E-state index in [0.29, 0.717) is 19.2 Å². The zero-order valence-corrected chi connectivity index (χ0v) is 19.6. The van der Waals surface area contributed by atoms with E-state index in [1.165, 1.54) is 6.42 Å². The summed E-state index contributed by atoms with van der Waals surface area (Å²) < 4.78 is 5.89. The maximum absolute atomic E-state index is 5.89. The summed E-state index contributed by atoms with van der Waals surface area (Å²) >= 11 is 0. The van der Waals surface area contributed by atoms with Gasteiger partial charge >= 0.3 is 0 Å². The first-order valence-corrected chi connectivity index (χ1v) is 11.5. The van der Waals surface area contributed by atoms with Crippen molar-refractivity contribution in [2.45, 2.75) is 59.7 Å². The molecule has 1 atom stereocenters. The molecule has 1 unspecified atom stereocenters. The molecule has 0 aliphatic rings. The summed E-state index contributed by atoms with van der Waals surface area (Å²) in [5.74, 6) is 1.69. The maximum Gasteiger partial charge on any atom is 0.191 e. The molecule has 0 bridgehead atoms. The van der Waals surface area contributed by atoms with Crippen LogP contribution in [0.5, 0.6) is 5.75 Å². The minimum Gasteiger partial charge on any atom is -0.487 e. The van der Waals surface area contributed by atoms with Crippen molar-refractivity contribution in [1.82, 2.24) is 20.5 Å². The van der Waals surface area contributed by atoms with Gasteiger partial charge in [-0.15, -0.1) is 0 Å². The highest BCUT2D eigenvalue weighted by Crippen LogP contribution is 2.15. The SMILES string of the molecule is CCNC(=NCc1cccc(OCc2ccccn2)c1)NC(C)CCCN(CC)CC. The number of guanidine groups is 1. The number of aliphatic imine (C=N–C) groups is 1. The van der Waals surface area contributed by atoms with Crippen LogP contribution < -0.4 is 15.4 Å². The Hall–Kier alpha value is -2.60. The summed E-state index contributed by atoms with van der Waals surface area (Å²) in [6.07, 6.45) is 4.09. The van der Waals surface area contributed by atoms with Crippen LogP contribution in [0.4, 0.5) is 0 Å². The average molecular weight is 426 g/mol. The third kappa shape index (κ3) is 9.83. The van der Waals surface area contributed by atoms with Gasteiger partial charge in [-0.05, 0) is 76.2 Å². The molecule has 2 aromatic rings. The molecule has 2 rings (SSSR count). The Bertz CT molecular complexity index is 762. The highest BCUT2D eigenvalue weighted by Gasteiger charge is 2.07. The second kappa shape index (κ2) is 14.4. The van der Waals surface area contributed by atoms with E-state index in [9.17, 15) is 0 Å². The number of hydrogen-bond acceptors (Lipinski definition) is 4. The van der Waals surface area contributed by atoms with Gasteiger partial charge < -0.3 is 20.3 Å². The van der Waals surface area contributed by atoms with Crippen molar-refractivity contribution in [3.05, 3.63) is 59.9 Å². The fraction of sp³-hybridized carbons (Fsp3) is 0.520. The Morgan fingerprint density at radius 2 is 1.97 bits per heavy atom. The second-order valence-electron chi connectivity index (χ2n) is 7.67.